The maximum atomic E-state index is 14.1. The normalized spacial score (nSPS) is 15.8. The first-order valence-electron chi connectivity index (χ1n) is 10.8. The Morgan fingerprint density at radius 1 is 1.06 bits per heavy atom. The van der Waals surface area contributed by atoms with Gasteiger partial charge >= 0.3 is 6.18 Å². The molecule has 35 heavy (non-hydrogen) atoms. The minimum atomic E-state index is -4.60. The van der Waals surface area contributed by atoms with Crippen LogP contribution in [0.25, 0.3) is 27.9 Å². The number of alkyl halides is 3. The van der Waals surface area contributed by atoms with Crippen molar-refractivity contribution < 1.29 is 26.7 Å². The molecule has 184 valence electrons. The van der Waals surface area contributed by atoms with Crippen LogP contribution in [0.2, 0.25) is 0 Å². The highest BCUT2D eigenvalue weighted by Crippen LogP contribution is 2.31. The van der Waals surface area contributed by atoms with Crippen molar-refractivity contribution in [2.75, 3.05) is 33.2 Å². The quantitative estimate of drug-likeness (QED) is 0.410. The number of imidazole rings is 1. The summed E-state index contributed by atoms with van der Waals surface area (Å²) in [5.74, 6) is -2.20. The third-order valence-electron chi connectivity index (χ3n) is 5.96. The molecule has 1 amide bonds. The first-order valence-corrected chi connectivity index (χ1v) is 10.8. The molecule has 1 aliphatic rings. The van der Waals surface area contributed by atoms with E-state index in [1.807, 2.05) is 7.05 Å². The molecule has 0 saturated carbocycles. The summed E-state index contributed by atoms with van der Waals surface area (Å²) in [6.07, 6.45) is -0.406. The van der Waals surface area contributed by atoms with Crippen LogP contribution < -0.4 is 0 Å². The zero-order chi connectivity index (χ0) is 24.9. The number of likely N-dealkylation sites (N-methyl/N-ethyl adjacent to an activating group) is 1. The first kappa shape index (κ1) is 23.1. The van der Waals surface area contributed by atoms with Gasteiger partial charge < -0.3 is 9.80 Å². The summed E-state index contributed by atoms with van der Waals surface area (Å²) in [7, 11) is 1.95. The van der Waals surface area contributed by atoms with Crippen LogP contribution >= 0.6 is 0 Å². The van der Waals surface area contributed by atoms with Crippen LogP contribution in [0.5, 0.6) is 0 Å². The number of halogens is 5. The Hall–Kier alpha value is -3.61. The third kappa shape index (κ3) is 4.43. The van der Waals surface area contributed by atoms with Gasteiger partial charge in [-0.25, -0.2) is 13.8 Å². The van der Waals surface area contributed by atoms with Gasteiger partial charge in [0.1, 0.15) is 23.7 Å². The summed E-state index contributed by atoms with van der Waals surface area (Å²) in [6, 6.07) is 1.94. The summed E-state index contributed by atoms with van der Waals surface area (Å²) in [5.41, 5.74) is -0.0992. The molecule has 0 bridgehead atoms. The van der Waals surface area contributed by atoms with E-state index < -0.39 is 24.4 Å². The van der Waals surface area contributed by atoms with Gasteiger partial charge in [0.05, 0.1) is 17.4 Å². The lowest BCUT2D eigenvalue weighted by Gasteiger charge is -2.20. The van der Waals surface area contributed by atoms with Gasteiger partial charge in [0.25, 0.3) is 5.91 Å². The third-order valence-corrected chi connectivity index (χ3v) is 5.96. The van der Waals surface area contributed by atoms with E-state index in [4.69, 9.17) is 0 Å². The van der Waals surface area contributed by atoms with Crippen molar-refractivity contribution in [3.63, 3.8) is 0 Å². The van der Waals surface area contributed by atoms with Crippen LogP contribution in [-0.2, 0) is 6.54 Å². The van der Waals surface area contributed by atoms with Crippen LogP contribution in [0.4, 0.5) is 22.0 Å². The van der Waals surface area contributed by atoms with Gasteiger partial charge in [0.15, 0.2) is 11.5 Å². The Morgan fingerprint density at radius 3 is 2.63 bits per heavy atom. The van der Waals surface area contributed by atoms with Crippen molar-refractivity contribution in [1.82, 2.24) is 33.9 Å². The topological polar surface area (TPSA) is 71.6 Å². The smallest absolute Gasteiger partial charge is 0.336 e. The largest absolute Gasteiger partial charge is 0.408 e. The lowest BCUT2D eigenvalue weighted by atomic mass is 10.2. The molecule has 13 heteroatoms. The molecule has 4 aromatic heterocycles. The second-order valence-corrected chi connectivity index (χ2v) is 8.50. The molecular weight excluding hydrogens is 473 g/mol. The molecular formula is C22H20F5N7O. The zero-order valence-corrected chi connectivity index (χ0v) is 18.6. The van der Waals surface area contributed by atoms with Crippen molar-refractivity contribution in [2.24, 2.45) is 0 Å². The molecule has 0 atom stereocenters. The summed E-state index contributed by atoms with van der Waals surface area (Å²) >= 11 is 0. The van der Waals surface area contributed by atoms with Gasteiger partial charge in [0, 0.05) is 43.5 Å². The Balaban J connectivity index is 1.62. The number of amides is 1. The Morgan fingerprint density at radius 2 is 1.86 bits per heavy atom. The molecule has 4 aromatic rings. The molecule has 5 heterocycles. The Kier molecular flexibility index (Phi) is 5.66. The zero-order valence-electron chi connectivity index (χ0n) is 18.6. The van der Waals surface area contributed by atoms with E-state index in [-0.39, 0.29) is 39.5 Å². The van der Waals surface area contributed by atoms with E-state index in [0.717, 1.165) is 23.6 Å². The van der Waals surface area contributed by atoms with Crippen LogP contribution in [0.1, 0.15) is 16.9 Å². The van der Waals surface area contributed by atoms with E-state index >= 15 is 0 Å². The summed E-state index contributed by atoms with van der Waals surface area (Å²) in [5, 5.41) is 4.27. The highest BCUT2D eigenvalue weighted by atomic mass is 19.4. The van der Waals surface area contributed by atoms with Crippen molar-refractivity contribution in [3.8, 4) is 11.4 Å². The van der Waals surface area contributed by atoms with Gasteiger partial charge in [-0.05, 0) is 26.1 Å². The molecule has 1 fully saturated rings. The molecule has 1 aliphatic heterocycles. The fraction of sp³-hybridized carbons (Fsp3) is 0.364. The monoisotopic (exact) mass is 493 g/mol. The number of hydrogen-bond donors (Lipinski definition) is 0. The number of fused-ring (bicyclic) bond motifs is 2. The van der Waals surface area contributed by atoms with Crippen molar-refractivity contribution >= 4 is 22.5 Å². The number of pyridine rings is 2. The maximum Gasteiger partial charge on any atom is 0.408 e. The minimum Gasteiger partial charge on any atom is -0.336 e. The molecule has 0 unspecified atom stereocenters. The molecule has 5 rings (SSSR count). The predicted octanol–water partition coefficient (Wildman–Crippen LogP) is 3.36. The van der Waals surface area contributed by atoms with E-state index in [2.05, 4.69) is 20.0 Å². The lowest BCUT2D eigenvalue weighted by Crippen LogP contribution is -2.35. The second-order valence-electron chi connectivity index (χ2n) is 8.50. The van der Waals surface area contributed by atoms with E-state index in [1.165, 1.54) is 18.5 Å². The van der Waals surface area contributed by atoms with Crippen LogP contribution in [-0.4, -0.2) is 79.3 Å². The number of carbonyl (C=O) groups is 1. The number of hydrogen-bond acceptors (Lipinski definition) is 5. The Labute approximate surface area is 195 Å². The number of carbonyl (C=O) groups excluding carboxylic acids is 1. The highest BCUT2D eigenvalue weighted by molar-refractivity contribution is 5.99. The standard InChI is InChI=1S/C22H20F5N7O/c1-31-3-2-4-32(6-5-31)21(35)16-8-17-14(9-28-16)19(30-34(17)12-22(25,26)27)18-10-29-20-15(24)7-13(23)11-33(18)20/h7-11H,2-6,12H2,1H3. The molecule has 1 saturated heterocycles. The molecule has 0 aliphatic carbocycles. The molecule has 0 radical (unpaired) electrons. The first-order chi connectivity index (χ1) is 16.6. The van der Waals surface area contributed by atoms with Crippen molar-refractivity contribution in [3.05, 3.63) is 48.1 Å². The minimum absolute atomic E-state index is 0.00430. The average Bonchev–Trinajstić information content (AvgIpc) is 3.27. The fourth-order valence-electron chi connectivity index (χ4n) is 4.27. The van der Waals surface area contributed by atoms with Gasteiger partial charge in [-0.15, -0.1) is 0 Å². The SMILES string of the molecule is CN1CCCN(C(=O)c2cc3c(cn2)c(-c2cnc4c(F)cc(F)cn24)nn3CC(F)(F)F)CC1. The lowest BCUT2D eigenvalue weighted by molar-refractivity contribution is -0.141. The molecule has 0 spiro atoms. The van der Waals surface area contributed by atoms with Crippen molar-refractivity contribution in [1.29, 1.82) is 0 Å². The maximum absolute atomic E-state index is 14.1. The molecule has 0 N–H and O–H groups in total. The van der Waals surface area contributed by atoms with Crippen LogP contribution in [0.3, 0.4) is 0 Å². The number of nitrogens with zero attached hydrogens (tertiary/aromatic N) is 7. The molecule has 8 nitrogen and oxygen atoms in total. The van der Waals surface area contributed by atoms with Gasteiger partial charge in [0.2, 0.25) is 0 Å². The predicted molar refractivity (Wildman–Crippen MR) is 116 cm³/mol. The van der Waals surface area contributed by atoms with Gasteiger partial charge in [-0.1, -0.05) is 0 Å². The van der Waals surface area contributed by atoms with E-state index in [9.17, 15) is 26.7 Å². The van der Waals surface area contributed by atoms with E-state index in [0.29, 0.717) is 30.4 Å². The Bertz CT molecular complexity index is 1430. The van der Waals surface area contributed by atoms with Gasteiger partial charge in [-0.3, -0.25) is 18.9 Å². The highest BCUT2D eigenvalue weighted by Gasteiger charge is 2.31. The summed E-state index contributed by atoms with van der Waals surface area (Å²) in [4.78, 5) is 24.9. The van der Waals surface area contributed by atoms with Crippen LogP contribution in [0.15, 0.2) is 30.7 Å². The fourth-order valence-corrected chi connectivity index (χ4v) is 4.27. The summed E-state index contributed by atoms with van der Waals surface area (Å²) < 4.78 is 69.8. The number of aromatic nitrogens is 5. The number of rotatable bonds is 3. The second kappa shape index (κ2) is 8.56. The van der Waals surface area contributed by atoms with Crippen LogP contribution in [0, 0.1) is 11.6 Å². The summed E-state index contributed by atoms with van der Waals surface area (Å²) in [6.45, 7) is 1.06. The average molecular weight is 493 g/mol. The van der Waals surface area contributed by atoms with Crippen molar-refractivity contribution in [2.45, 2.75) is 19.1 Å². The van der Waals surface area contributed by atoms with E-state index in [1.54, 1.807) is 4.90 Å². The van der Waals surface area contributed by atoms with Gasteiger partial charge in [-0.2, -0.15) is 18.3 Å². The molecule has 0 aromatic carbocycles.